The number of phenolic OH excluding ortho intramolecular Hbond substituents is 1. The number of benzene rings is 1. The van der Waals surface area contributed by atoms with Crippen molar-refractivity contribution >= 4 is 5.69 Å². The highest BCUT2D eigenvalue weighted by Crippen LogP contribution is 2.28. The standard InChI is InChI=1S/C10H15NO2/c1-7(2)11-8-4-5-9(12)10(6-8)13-3/h4-7,11-12H,1-3H3. The number of hydrogen-bond acceptors (Lipinski definition) is 3. The lowest BCUT2D eigenvalue weighted by Crippen LogP contribution is -2.09. The normalized spacial score (nSPS) is 10.2. The van der Waals surface area contributed by atoms with Gasteiger partial charge in [0.2, 0.25) is 0 Å². The molecule has 0 aliphatic carbocycles. The van der Waals surface area contributed by atoms with E-state index in [9.17, 15) is 5.11 Å². The van der Waals surface area contributed by atoms with Gasteiger partial charge in [-0.25, -0.2) is 0 Å². The summed E-state index contributed by atoms with van der Waals surface area (Å²) in [6.07, 6.45) is 0. The summed E-state index contributed by atoms with van der Waals surface area (Å²) >= 11 is 0. The fourth-order valence-corrected chi connectivity index (χ4v) is 1.10. The molecule has 0 atom stereocenters. The Labute approximate surface area is 78.3 Å². The van der Waals surface area contributed by atoms with Gasteiger partial charge in [-0.3, -0.25) is 0 Å². The third-order valence-corrected chi connectivity index (χ3v) is 1.64. The van der Waals surface area contributed by atoms with Crippen molar-refractivity contribution in [2.45, 2.75) is 19.9 Å². The zero-order chi connectivity index (χ0) is 9.84. The van der Waals surface area contributed by atoms with Gasteiger partial charge in [0.1, 0.15) is 0 Å². The van der Waals surface area contributed by atoms with Gasteiger partial charge in [0.15, 0.2) is 11.5 Å². The highest BCUT2D eigenvalue weighted by molar-refractivity contribution is 5.54. The smallest absolute Gasteiger partial charge is 0.162 e. The molecule has 0 heterocycles. The predicted octanol–water partition coefficient (Wildman–Crippen LogP) is 2.22. The van der Waals surface area contributed by atoms with Crippen LogP contribution in [0, 0.1) is 0 Å². The largest absolute Gasteiger partial charge is 0.504 e. The van der Waals surface area contributed by atoms with Gasteiger partial charge in [-0.05, 0) is 26.0 Å². The summed E-state index contributed by atoms with van der Waals surface area (Å²) in [6, 6.07) is 5.57. The molecule has 0 unspecified atom stereocenters. The minimum Gasteiger partial charge on any atom is -0.504 e. The topological polar surface area (TPSA) is 41.5 Å². The van der Waals surface area contributed by atoms with E-state index >= 15 is 0 Å². The molecule has 0 spiro atoms. The first-order valence-electron chi connectivity index (χ1n) is 4.27. The number of methoxy groups -OCH3 is 1. The van der Waals surface area contributed by atoms with E-state index in [1.807, 2.05) is 6.07 Å². The Morgan fingerprint density at radius 1 is 1.38 bits per heavy atom. The van der Waals surface area contributed by atoms with Gasteiger partial charge in [0, 0.05) is 17.8 Å². The number of phenols is 1. The van der Waals surface area contributed by atoms with Crippen molar-refractivity contribution in [2.75, 3.05) is 12.4 Å². The van der Waals surface area contributed by atoms with E-state index in [1.54, 1.807) is 12.1 Å². The van der Waals surface area contributed by atoms with Crippen molar-refractivity contribution in [3.8, 4) is 11.5 Å². The average Bonchev–Trinajstić information content (AvgIpc) is 2.07. The molecule has 0 amide bonds. The molecule has 0 aliphatic heterocycles. The third kappa shape index (κ3) is 2.54. The van der Waals surface area contributed by atoms with Crippen molar-refractivity contribution in [3.63, 3.8) is 0 Å². The summed E-state index contributed by atoms with van der Waals surface area (Å²) < 4.78 is 4.98. The second-order valence-electron chi connectivity index (χ2n) is 3.19. The lowest BCUT2D eigenvalue weighted by atomic mass is 10.2. The molecule has 0 saturated heterocycles. The quantitative estimate of drug-likeness (QED) is 0.702. The van der Waals surface area contributed by atoms with Crippen LogP contribution in [0.3, 0.4) is 0 Å². The molecular formula is C10H15NO2. The van der Waals surface area contributed by atoms with E-state index in [0.717, 1.165) is 5.69 Å². The molecule has 0 radical (unpaired) electrons. The SMILES string of the molecule is COc1cc(NC(C)C)ccc1O. The van der Waals surface area contributed by atoms with Crippen molar-refractivity contribution in [1.29, 1.82) is 0 Å². The number of nitrogens with one attached hydrogen (secondary N) is 1. The van der Waals surface area contributed by atoms with Crippen LogP contribution in [0.25, 0.3) is 0 Å². The van der Waals surface area contributed by atoms with E-state index in [1.165, 1.54) is 7.11 Å². The van der Waals surface area contributed by atoms with Crippen molar-refractivity contribution in [2.24, 2.45) is 0 Å². The van der Waals surface area contributed by atoms with Crippen LogP contribution in [0.1, 0.15) is 13.8 Å². The van der Waals surface area contributed by atoms with Crippen LogP contribution < -0.4 is 10.1 Å². The number of ether oxygens (including phenoxy) is 1. The maximum atomic E-state index is 9.32. The van der Waals surface area contributed by atoms with Crippen LogP contribution in [0.4, 0.5) is 5.69 Å². The van der Waals surface area contributed by atoms with E-state index < -0.39 is 0 Å². The molecule has 0 aliphatic rings. The van der Waals surface area contributed by atoms with Crippen LogP contribution in [0.5, 0.6) is 11.5 Å². The zero-order valence-corrected chi connectivity index (χ0v) is 8.16. The first kappa shape index (κ1) is 9.71. The second kappa shape index (κ2) is 4.03. The number of hydrogen-bond donors (Lipinski definition) is 2. The molecule has 1 aromatic rings. The summed E-state index contributed by atoms with van der Waals surface area (Å²) in [7, 11) is 1.54. The van der Waals surface area contributed by atoms with Gasteiger partial charge in [0.05, 0.1) is 7.11 Å². The summed E-state index contributed by atoms with van der Waals surface area (Å²) in [5, 5.41) is 12.5. The van der Waals surface area contributed by atoms with Crippen LogP contribution in [-0.2, 0) is 0 Å². The van der Waals surface area contributed by atoms with Crippen LogP contribution in [-0.4, -0.2) is 18.3 Å². The Morgan fingerprint density at radius 2 is 2.08 bits per heavy atom. The van der Waals surface area contributed by atoms with Crippen LogP contribution in [0.15, 0.2) is 18.2 Å². The minimum atomic E-state index is 0.164. The minimum absolute atomic E-state index is 0.164. The molecule has 0 saturated carbocycles. The van der Waals surface area contributed by atoms with Crippen molar-refractivity contribution in [1.82, 2.24) is 0 Å². The summed E-state index contributed by atoms with van der Waals surface area (Å²) in [6.45, 7) is 4.11. The molecule has 3 heteroatoms. The summed E-state index contributed by atoms with van der Waals surface area (Å²) in [5.74, 6) is 0.655. The zero-order valence-electron chi connectivity index (χ0n) is 8.16. The van der Waals surface area contributed by atoms with Gasteiger partial charge in [-0.2, -0.15) is 0 Å². The second-order valence-corrected chi connectivity index (χ2v) is 3.19. The van der Waals surface area contributed by atoms with Gasteiger partial charge in [0.25, 0.3) is 0 Å². The Bertz CT molecular complexity index is 284. The van der Waals surface area contributed by atoms with Crippen molar-refractivity contribution < 1.29 is 9.84 Å². The first-order valence-corrected chi connectivity index (χ1v) is 4.27. The van der Waals surface area contributed by atoms with Crippen LogP contribution >= 0.6 is 0 Å². The number of anilines is 1. The number of aromatic hydroxyl groups is 1. The number of rotatable bonds is 3. The van der Waals surface area contributed by atoms with E-state index in [0.29, 0.717) is 11.8 Å². The van der Waals surface area contributed by atoms with Gasteiger partial charge in [-0.1, -0.05) is 0 Å². The molecule has 0 bridgehead atoms. The van der Waals surface area contributed by atoms with E-state index in [4.69, 9.17) is 4.74 Å². The highest BCUT2D eigenvalue weighted by Gasteiger charge is 2.02. The third-order valence-electron chi connectivity index (χ3n) is 1.64. The first-order chi connectivity index (χ1) is 6.13. The Balaban J connectivity index is 2.86. The molecule has 0 aromatic heterocycles. The molecular weight excluding hydrogens is 166 g/mol. The van der Waals surface area contributed by atoms with E-state index in [-0.39, 0.29) is 5.75 Å². The van der Waals surface area contributed by atoms with Gasteiger partial charge < -0.3 is 15.2 Å². The summed E-state index contributed by atoms with van der Waals surface area (Å²) in [4.78, 5) is 0. The van der Waals surface area contributed by atoms with Gasteiger partial charge >= 0.3 is 0 Å². The molecule has 72 valence electrons. The monoisotopic (exact) mass is 181 g/mol. The molecule has 1 rings (SSSR count). The molecule has 0 fully saturated rings. The average molecular weight is 181 g/mol. The Morgan fingerprint density at radius 3 is 2.62 bits per heavy atom. The maximum absolute atomic E-state index is 9.32. The summed E-state index contributed by atoms with van der Waals surface area (Å²) in [5.41, 5.74) is 0.949. The molecule has 1 aromatic carbocycles. The van der Waals surface area contributed by atoms with E-state index in [2.05, 4.69) is 19.2 Å². The highest BCUT2D eigenvalue weighted by atomic mass is 16.5. The fourth-order valence-electron chi connectivity index (χ4n) is 1.10. The Kier molecular flexibility index (Phi) is 3.01. The van der Waals surface area contributed by atoms with Crippen molar-refractivity contribution in [3.05, 3.63) is 18.2 Å². The van der Waals surface area contributed by atoms with Gasteiger partial charge in [-0.15, -0.1) is 0 Å². The predicted molar refractivity (Wildman–Crippen MR) is 53.4 cm³/mol. The lowest BCUT2D eigenvalue weighted by Gasteiger charge is -2.11. The van der Waals surface area contributed by atoms with Crippen LogP contribution in [0.2, 0.25) is 0 Å². The lowest BCUT2D eigenvalue weighted by molar-refractivity contribution is 0.373. The fraction of sp³-hybridized carbons (Fsp3) is 0.400. The Hall–Kier alpha value is -1.38. The maximum Gasteiger partial charge on any atom is 0.162 e. The molecule has 3 nitrogen and oxygen atoms in total. The molecule has 2 N–H and O–H groups in total. The molecule has 13 heavy (non-hydrogen) atoms.